The molecule has 0 unspecified atom stereocenters. The van der Waals surface area contributed by atoms with Crippen LogP contribution in [-0.2, 0) is 12.8 Å². The Morgan fingerprint density at radius 3 is 2.67 bits per heavy atom. The highest BCUT2D eigenvalue weighted by Gasteiger charge is 2.27. The van der Waals surface area contributed by atoms with Crippen LogP contribution in [-0.4, -0.2) is 18.2 Å². The second-order valence-electron chi connectivity index (χ2n) is 8.79. The van der Waals surface area contributed by atoms with Crippen LogP contribution >= 0.6 is 34.5 Å². The molecule has 33 heavy (non-hydrogen) atoms. The first-order valence-electron chi connectivity index (χ1n) is 11.6. The lowest BCUT2D eigenvalue weighted by atomic mass is 9.93. The number of aryl methyl sites for hydroxylation is 1. The number of carbonyl (C=O) groups is 1. The third-order valence-corrected chi connectivity index (χ3v) is 8.40. The summed E-state index contributed by atoms with van der Waals surface area (Å²) in [6.07, 6.45) is 11.8. The van der Waals surface area contributed by atoms with Crippen LogP contribution in [0, 0.1) is 0 Å². The Hall–Kier alpha value is -2.08. The van der Waals surface area contributed by atoms with Crippen molar-refractivity contribution in [3.63, 3.8) is 0 Å². The molecule has 1 N–H and O–H groups in total. The van der Waals surface area contributed by atoms with E-state index in [0.29, 0.717) is 21.6 Å². The fraction of sp³-hybridized carbons (Fsp3) is 0.385. The molecular formula is C26H26Cl2N2O2S. The molecule has 0 radical (unpaired) electrons. The van der Waals surface area contributed by atoms with Crippen molar-refractivity contribution in [1.29, 1.82) is 0 Å². The molecule has 0 saturated heterocycles. The van der Waals surface area contributed by atoms with Crippen LogP contribution in [0.3, 0.4) is 0 Å². The van der Waals surface area contributed by atoms with Gasteiger partial charge in [-0.15, -0.1) is 11.3 Å². The molecule has 0 bridgehead atoms. The number of carbonyl (C=O) groups excluding carboxylic acids is 1. The van der Waals surface area contributed by atoms with Crippen LogP contribution in [0.15, 0.2) is 39.7 Å². The normalized spacial score (nSPS) is 16.8. The zero-order valence-electron chi connectivity index (χ0n) is 18.3. The number of nitrogens with zero attached hydrogens (tertiary/aromatic N) is 1. The Morgan fingerprint density at radius 2 is 1.85 bits per heavy atom. The van der Waals surface area contributed by atoms with Gasteiger partial charge in [0, 0.05) is 16.5 Å². The van der Waals surface area contributed by atoms with Gasteiger partial charge >= 0.3 is 0 Å². The summed E-state index contributed by atoms with van der Waals surface area (Å²) in [5.74, 6) is 1.35. The summed E-state index contributed by atoms with van der Waals surface area (Å²) in [4.78, 5) is 19.3. The predicted octanol–water partition coefficient (Wildman–Crippen LogP) is 8.01. The van der Waals surface area contributed by atoms with Gasteiger partial charge in [-0.1, -0.05) is 42.5 Å². The summed E-state index contributed by atoms with van der Waals surface area (Å²) < 4.78 is 5.96. The quantitative estimate of drug-likeness (QED) is 0.360. The number of hydrogen-bond donors (Lipinski definition) is 1. The van der Waals surface area contributed by atoms with Gasteiger partial charge in [0.2, 0.25) is 0 Å². The van der Waals surface area contributed by atoms with Crippen molar-refractivity contribution >= 4 is 51.7 Å². The van der Waals surface area contributed by atoms with Crippen molar-refractivity contribution in [3.8, 4) is 11.3 Å². The maximum absolute atomic E-state index is 13.3. The second-order valence-corrected chi connectivity index (χ2v) is 10.7. The summed E-state index contributed by atoms with van der Waals surface area (Å²) in [6.45, 7) is 0. The summed E-state index contributed by atoms with van der Waals surface area (Å²) in [7, 11) is 0. The molecule has 4 nitrogen and oxygen atoms in total. The van der Waals surface area contributed by atoms with E-state index in [1.807, 2.05) is 18.2 Å². The molecule has 0 atom stereocenters. The van der Waals surface area contributed by atoms with Crippen molar-refractivity contribution in [2.75, 3.05) is 0 Å². The number of nitrogens with one attached hydrogen (secondary N) is 1. The van der Waals surface area contributed by atoms with Crippen molar-refractivity contribution in [1.82, 2.24) is 5.32 Å². The van der Waals surface area contributed by atoms with Crippen LogP contribution in [0.1, 0.15) is 71.5 Å². The highest BCUT2D eigenvalue weighted by Crippen LogP contribution is 2.40. The monoisotopic (exact) mass is 500 g/mol. The summed E-state index contributed by atoms with van der Waals surface area (Å²) in [6, 6.07) is 9.44. The van der Waals surface area contributed by atoms with Gasteiger partial charge in [0.25, 0.3) is 5.91 Å². The number of halogens is 2. The molecule has 1 amide bonds. The minimum absolute atomic E-state index is 0.0318. The summed E-state index contributed by atoms with van der Waals surface area (Å²) in [5, 5.41) is 5.07. The Bertz CT molecular complexity index is 1190. The van der Waals surface area contributed by atoms with Crippen LogP contribution < -0.4 is 5.32 Å². The number of hydrogen-bond acceptors (Lipinski definition) is 4. The standard InChI is InChI=1S/C26H26Cl2N2O2S/c27-20-12-10-16(14-21(20)28)22-13-11-18(32-22)15-29-26-24(19-8-4-5-9-23(19)33-26)25(31)30-17-6-2-1-3-7-17/h10-15,17H,1-9H2,(H,30,31)/b29-15-. The van der Waals surface area contributed by atoms with Crippen LogP contribution in [0.2, 0.25) is 10.0 Å². The first-order chi connectivity index (χ1) is 16.1. The summed E-state index contributed by atoms with van der Waals surface area (Å²) in [5.41, 5.74) is 2.82. The topological polar surface area (TPSA) is 54.6 Å². The molecule has 0 aliphatic heterocycles. The van der Waals surface area contributed by atoms with Gasteiger partial charge < -0.3 is 9.73 Å². The van der Waals surface area contributed by atoms with E-state index in [-0.39, 0.29) is 11.9 Å². The average molecular weight is 501 g/mol. The van der Waals surface area contributed by atoms with Gasteiger partial charge in [-0.2, -0.15) is 0 Å². The van der Waals surface area contributed by atoms with Gasteiger partial charge in [-0.25, -0.2) is 4.99 Å². The Balaban J connectivity index is 1.40. The fourth-order valence-electron chi connectivity index (χ4n) is 4.73. The Morgan fingerprint density at radius 1 is 1.03 bits per heavy atom. The molecule has 1 aromatic carbocycles. The number of aliphatic imine (C=N–C) groups is 1. The molecular weight excluding hydrogens is 475 g/mol. The number of amides is 1. The number of thiophene rings is 1. The third-order valence-electron chi connectivity index (χ3n) is 6.46. The first kappa shape index (κ1) is 22.7. The van der Waals surface area contributed by atoms with Crippen molar-refractivity contribution in [3.05, 3.63) is 62.1 Å². The molecule has 3 aromatic rings. The first-order valence-corrected chi connectivity index (χ1v) is 13.2. The maximum Gasteiger partial charge on any atom is 0.254 e. The predicted molar refractivity (Wildman–Crippen MR) is 137 cm³/mol. The van der Waals surface area contributed by atoms with E-state index >= 15 is 0 Å². The SMILES string of the molecule is O=C(NC1CCCCC1)c1c(/N=C\c2ccc(-c3ccc(Cl)c(Cl)c3)o2)sc2c1CCCC2. The van der Waals surface area contributed by atoms with Gasteiger partial charge in [-0.05, 0) is 74.4 Å². The number of furan rings is 1. The third kappa shape index (κ3) is 5.06. The van der Waals surface area contributed by atoms with Crippen molar-refractivity contribution in [2.45, 2.75) is 63.8 Å². The molecule has 2 aromatic heterocycles. The lowest BCUT2D eigenvalue weighted by molar-refractivity contribution is 0.0927. The lowest BCUT2D eigenvalue weighted by Crippen LogP contribution is -2.36. The van der Waals surface area contributed by atoms with Crippen LogP contribution in [0.5, 0.6) is 0 Å². The largest absolute Gasteiger partial charge is 0.455 e. The fourth-order valence-corrected chi connectivity index (χ4v) is 6.26. The Kier molecular flexibility index (Phi) is 6.91. The number of fused-ring (bicyclic) bond motifs is 1. The molecule has 1 saturated carbocycles. The van der Waals surface area contributed by atoms with E-state index in [2.05, 4.69) is 5.32 Å². The molecule has 2 aliphatic rings. The molecule has 2 heterocycles. The highest BCUT2D eigenvalue weighted by atomic mass is 35.5. The molecule has 172 valence electrons. The molecule has 1 fully saturated rings. The van der Waals surface area contributed by atoms with E-state index < -0.39 is 0 Å². The maximum atomic E-state index is 13.3. The highest BCUT2D eigenvalue weighted by molar-refractivity contribution is 7.16. The Labute approximate surface area is 208 Å². The molecule has 2 aliphatic carbocycles. The summed E-state index contributed by atoms with van der Waals surface area (Å²) >= 11 is 13.8. The van der Waals surface area contributed by atoms with Crippen LogP contribution in [0.25, 0.3) is 11.3 Å². The van der Waals surface area contributed by atoms with Crippen LogP contribution in [0.4, 0.5) is 5.00 Å². The number of rotatable bonds is 5. The van der Waals surface area contributed by atoms with Gasteiger partial charge in [0.1, 0.15) is 16.5 Å². The van der Waals surface area contributed by atoms with E-state index in [1.54, 1.807) is 29.7 Å². The molecule has 7 heteroatoms. The molecule has 0 spiro atoms. The van der Waals surface area contributed by atoms with Crippen molar-refractivity contribution in [2.24, 2.45) is 4.99 Å². The zero-order chi connectivity index (χ0) is 22.8. The van der Waals surface area contributed by atoms with E-state index in [1.165, 1.54) is 36.1 Å². The van der Waals surface area contributed by atoms with Gasteiger partial charge in [-0.3, -0.25) is 4.79 Å². The van der Waals surface area contributed by atoms with E-state index in [4.69, 9.17) is 32.6 Å². The van der Waals surface area contributed by atoms with Gasteiger partial charge in [0.15, 0.2) is 0 Å². The smallest absolute Gasteiger partial charge is 0.254 e. The van der Waals surface area contributed by atoms with E-state index in [0.717, 1.165) is 48.2 Å². The second kappa shape index (κ2) is 10.0. The van der Waals surface area contributed by atoms with E-state index in [9.17, 15) is 4.79 Å². The minimum atomic E-state index is 0.0318. The molecule has 5 rings (SSSR count). The minimum Gasteiger partial charge on any atom is -0.455 e. The number of benzene rings is 1. The average Bonchev–Trinajstić information content (AvgIpc) is 3.44. The van der Waals surface area contributed by atoms with Gasteiger partial charge in [0.05, 0.1) is 21.8 Å². The zero-order valence-corrected chi connectivity index (χ0v) is 20.7. The van der Waals surface area contributed by atoms with Crippen molar-refractivity contribution < 1.29 is 9.21 Å². The lowest BCUT2D eigenvalue weighted by Gasteiger charge is -2.23.